The number of halogens is 1. The van der Waals surface area contributed by atoms with Crippen LogP contribution in [0.4, 0.5) is 0 Å². The smallest absolute Gasteiger partial charge is 0.171 e. The molecule has 1 heterocycles. The molecule has 5 nitrogen and oxygen atoms in total. The van der Waals surface area contributed by atoms with Gasteiger partial charge in [0.2, 0.25) is 0 Å². The summed E-state index contributed by atoms with van der Waals surface area (Å²) in [5.74, 6) is 0.876. The molecule has 4 aliphatic carbocycles. The van der Waals surface area contributed by atoms with Crippen molar-refractivity contribution in [2.45, 2.75) is 96.1 Å². The number of ether oxygens (including phenoxy) is 3. The van der Waals surface area contributed by atoms with E-state index in [0.717, 1.165) is 49.8 Å². The Hall–Kier alpha value is -1.11. The summed E-state index contributed by atoms with van der Waals surface area (Å²) in [5.41, 5.74) is 0.896. The summed E-state index contributed by atoms with van der Waals surface area (Å²) in [5, 5.41) is 24.4. The van der Waals surface area contributed by atoms with E-state index in [1.165, 1.54) is 5.57 Å². The molecule has 1 aromatic carbocycles. The standard InChI is InChI=1S/C31H43ClO5/c1-27(2)18-36-31(37-19-27)14-13-29(16-20-15-21(35-4)5-7-25(20)32)24-10-11-28(3)23(6-8-26(28)33)22(24)9-12-30(29,34)17-31/h5,7,10,15,22-23,26,33-34H,6,8-9,11-14,16-19H2,1-4H3/t22-,23-,26-,28-,29-,30+/m0/s1. The Labute approximate surface area is 226 Å². The van der Waals surface area contributed by atoms with Crippen molar-refractivity contribution in [2.75, 3.05) is 20.3 Å². The third kappa shape index (κ3) is 3.94. The summed E-state index contributed by atoms with van der Waals surface area (Å²) < 4.78 is 18.4. The first-order valence-corrected chi connectivity index (χ1v) is 14.5. The summed E-state index contributed by atoms with van der Waals surface area (Å²) in [4.78, 5) is 0. The largest absolute Gasteiger partial charge is 0.497 e. The average molecular weight is 531 g/mol. The second kappa shape index (κ2) is 8.69. The summed E-state index contributed by atoms with van der Waals surface area (Å²) >= 11 is 6.79. The number of benzene rings is 1. The van der Waals surface area contributed by atoms with E-state index in [1.807, 2.05) is 18.2 Å². The molecular formula is C31H43ClO5. The molecule has 3 saturated carbocycles. The lowest BCUT2D eigenvalue weighted by molar-refractivity contribution is -0.343. The monoisotopic (exact) mass is 530 g/mol. The fraction of sp³-hybridized carbons (Fsp3) is 0.742. The summed E-state index contributed by atoms with van der Waals surface area (Å²) in [6.45, 7) is 7.88. The summed E-state index contributed by atoms with van der Waals surface area (Å²) in [6.07, 6.45) is 9.26. The first-order chi connectivity index (χ1) is 17.4. The van der Waals surface area contributed by atoms with Gasteiger partial charge in [0, 0.05) is 34.1 Å². The van der Waals surface area contributed by atoms with Gasteiger partial charge in [-0.15, -0.1) is 0 Å². The lowest BCUT2D eigenvalue weighted by Gasteiger charge is -2.64. The Kier molecular flexibility index (Phi) is 6.14. The molecule has 0 unspecified atom stereocenters. The van der Waals surface area contributed by atoms with Crippen LogP contribution in [0.15, 0.2) is 29.8 Å². The molecule has 0 aromatic heterocycles. The third-order valence-electron chi connectivity index (χ3n) is 11.0. The SMILES string of the molecule is COc1ccc(Cl)c(C[C@]23CCC4(C[C@]2(O)CC[C@@H]2C3=CC[C@]3(C)[C@@H](O)CC[C@@H]23)OCC(C)(C)CO4)c1. The summed E-state index contributed by atoms with van der Waals surface area (Å²) in [7, 11) is 1.68. The number of methoxy groups -OCH3 is 1. The van der Waals surface area contributed by atoms with E-state index in [1.54, 1.807) is 7.11 Å². The highest BCUT2D eigenvalue weighted by Gasteiger charge is 2.66. The fourth-order valence-electron chi connectivity index (χ4n) is 8.75. The van der Waals surface area contributed by atoms with Gasteiger partial charge in [0.15, 0.2) is 5.79 Å². The molecule has 204 valence electrons. The second-order valence-electron chi connectivity index (χ2n) is 13.8. The Morgan fingerprint density at radius 3 is 2.54 bits per heavy atom. The molecule has 6 rings (SSSR count). The Balaban J connectivity index is 1.43. The molecule has 1 aliphatic heterocycles. The quantitative estimate of drug-likeness (QED) is 0.463. The maximum atomic E-state index is 12.7. The topological polar surface area (TPSA) is 68.2 Å². The highest BCUT2D eigenvalue weighted by molar-refractivity contribution is 6.31. The molecule has 37 heavy (non-hydrogen) atoms. The normalized spacial score (nSPS) is 41.9. The molecule has 6 atom stereocenters. The van der Waals surface area contributed by atoms with Crippen LogP contribution in [0, 0.1) is 28.1 Å². The van der Waals surface area contributed by atoms with Gasteiger partial charge in [-0.1, -0.05) is 44.0 Å². The first-order valence-electron chi connectivity index (χ1n) is 14.2. The van der Waals surface area contributed by atoms with Crippen LogP contribution in [0.2, 0.25) is 5.02 Å². The Bertz CT molecular complexity index is 1090. The molecule has 4 fully saturated rings. The average Bonchev–Trinajstić information content (AvgIpc) is 3.17. The number of aliphatic hydroxyl groups excluding tert-OH is 1. The lowest BCUT2D eigenvalue weighted by Crippen LogP contribution is -2.66. The van der Waals surface area contributed by atoms with Gasteiger partial charge < -0.3 is 24.4 Å². The van der Waals surface area contributed by atoms with Crippen molar-refractivity contribution >= 4 is 11.6 Å². The minimum absolute atomic E-state index is 0.0200. The van der Waals surface area contributed by atoms with Gasteiger partial charge in [-0.25, -0.2) is 0 Å². The molecule has 0 amide bonds. The maximum absolute atomic E-state index is 12.7. The zero-order valence-electron chi connectivity index (χ0n) is 22.8. The lowest BCUT2D eigenvalue weighted by atomic mass is 9.45. The number of allylic oxidation sites excluding steroid dienone is 1. The highest BCUT2D eigenvalue weighted by Crippen LogP contribution is 2.68. The van der Waals surface area contributed by atoms with Crippen LogP contribution in [0.25, 0.3) is 0 Å². The van der Waals surface area contributed by atoms with Crippen LogP contribution in [-0.4, -0.2) is 48.0 Å². The van der Waals surface area contributed by atoms with E-state index in [4.69, 9.17) is 25.8 Å². The molecule has 5 aliphatic rings. The molecule has 1 aromatic rings. The van der Waals surface area contributed by atoms with Crippen molar-refractivity contribution in [3.63, 3.8) is 0 Å². The van der Waals surface area contributed by atoms with Crippen LogP contribution in [0.1, 0.15) is 77.7 Å². The number of fused-ring (bicyclic) bond motifs is 5. The van der Waals surface area contributed by atoms with Crippen molar-refractivity contribution in [1.82, 2.24) is 0 Å². The van der Waals surface area contributed by atoms with E-state index in [0.29, 0.717) is 49.3 Å². The van der Waals surface area contributed by atoms with Crippen LogP contribution in [0.5, 0.6) is 5.75 Å². The molecule has 6 heteroatoms. The van der Waals surface area contributed by atoms with E-state index in [9.17, 15) is 10.2 Å². The zero-order valence-corrected chi connectivity index (χ0v) is 23.6. The predicted octanol–water partition coefficient (Wildman–Crippen LogP) is 6.08. The molecule has 2 N–H and O–H groups in total. The molecule has 1 saturated heterocycles. The minimum atomic E-state index is -0.966. The van der Waals surface area contributed by atoms with E-state index >= 15 is 0 Å². The number of rotatable bonds is 3. The van der Waals surface area contributed by atoms with Gasteiger partial charge in [-0.3, -0.25) is 0 Å². The molecule has 0 radical (unpaired) electrons. The van der Waals surface area contributed by atoms with Gasteiger partial charge >= 0.3 is 0 Å². The van der Waals surface area contributed by atoms with Gasteiger partial charge in [-0.2, -0.15) is 0 Å². The number of aliphatic hydroxyl groups is 2. The first kappa shape index (κ1) is 26.1. The zero-order chi connectivity index (χ0) is 26.3. The van der Waals surface area contributed by atoms with Gasteiger partial charge in [0.05, 0.1) is 32.0 Å². The molecule has 0 bridgehead atoms. The van der Waals surface area contributed by atoms with Crippen LogP contribution in [-0.2, 0) is 15.9 Å². The highest BCUT2D eigenvalue weighted by atomic mass is 35.5. The van der Waals surface area contributed by atoms with Crippen molar-refractivity contribution in [1.29, 1.82) is 0 Å². The van der Waals surface area contributed by atoms with E-state index in [-0.39, 0.29) is 16.9 Å². The van der Waals surface area contributed by atoms with Gasteiger partial charge in [0.25, 0.3) is 0 Å². The summed E-state index contributed by atoms with van der Waals surface area (Å²) in [6, 6.07) is 5.84. The molecule has 1 spiro atoms. The Morgan fingerprint density at radius 2 is 1.81 bits per heavy atom. The van der Waals surface area contributed by atoms with Crippen molar-refractivity contribution in [2.24, 2.45) is 28.1 Å². The third-order valence-corrected chi connectivity index (χ3v) is 11.4. The Morgan fingerprint density at radius 1 is 1.05 bits per heavy atom. The van der Waals surface area contributed by atoms with Crippen molar-refractivity contribution < 1.29 is 24.4 Å². The van der Waals surface area contributed by atoms with Crippen LogP contribution in [0.3, 0.4) is 0 Å². The maximum Gasteiger partial charge on any atom is 0.171 e. The second-order valence-corrected chi connectivity index (χ2v) is 14.2. The number of hydrogen-bond acceptors (Lipinski definition) is 5. The van der Waals surface area contributed by atoms with E-state index in [2.05, 4.69) is 26.8 Å². The van der Waals surface area contributed by atoms with Crippen molar-refractivity contribution in [3.05, 3.63) is 40.4 Å². The number of hydrogen-bond donors (Lipinski definition) is 2. The van der Waals surface area contributed by atoms with Gasteiger partial charge in [0.1, 0.15) is 5.75 Å². The van der Waals surface area contributed by atoms with E-state index < -0.39 is 16.8 Å². The van der Waals surface area contributed by atoms with Crippen molar-refractivity contribution in [3.8, 4) is 5.75 Å². The minimum Gasteiger partial charge on any atom is -0.497 e. The molecular weight excluding hydrogens is 488 g/mol. The van der Waals surface area contributed by atoms with Gasteiger partial charge in [-0.05, 0) is 80.5 Å². The van der Waals surface area contributed by atoms with Crippen LogP contribution >= 0.6 is 11.6 Å². The fourth-order valence-corrected chi connectivity index (χ4v) is 8.93. The predicted molar refractivity (Wildman–Crippen MR) is 144 cm³/mol. The van der Waals surface area contributed by atoms with Crippen LogP contribution < -0.4 is 4.74 Å².